The topological polar surface area (TPSA) is 64.6 Å². The standard InChI is InChI=1S/C42H54O7/c1-33-16-18-35(19-20-36-12-7-8-15-42(36)49-23-10-6-5-9-22-43-3)41(30-33)40-32-39(21-17-34(40)2)48-29-28-47-38-14-11-13-37(31-38)46-27-26-45-25-24-44-4/h7-8,11-18,21,30-32H,5-6,9-10,19-20,22-29H2,1-4H3. The summed E-state index contributed by atoms with van der Waals surface area (Å²) in [7, 11) is 3.42. The van der Waals surface area contributed by atoms with Crippen molar-refractivity contribution in [2.45, 2.75) is 52.4 Å². The summed E-state index contributed by atoms with van der Waals surface area (Å²) < 4.78 is 39.8. The van der Waals surface area contributed by atoms with Crippen molar-refractivity contribution < 1.29 is 33.2 Å². The molecule has 7 nitrogen and oxygen atoms in total. The van der Waals surface area contributed by atoms with E-state index in [4.69, 9.17) is 33.2 Å². The zero-order valence-electron chi connectivity index (χ0n) is 29.8. The first-order valence-corrected chi connectivity index (χ1v) is 17.5. The molecule has 264 valence electrons. The third kappa shape index (κ3) is 13.4. The molecule has 0 bridgehead atoms. The Morgan fingerprint density at radius 2 is 1.10 bits per heavy atom. The minimum atomic E-state index is 0.414. The maximum Gasteiger partial charge on any atom is 0.123 e. The lowest BCUT2D eigenvalue weighted by molar-refractivity contribution is 0.0544. The molecule has 0 heterocycles. The highest BCUT2D eigenvalue weighted by Crippen LogP contribution is 2.33. The molecule has 0 aliphatic rings. The van der Waals surface area contributed by atoms with Crippen LogP contribution in [0.1, 0.15) is 47.9 Å². The number of ether oxygens (including phenoxy) is 7. The maximum atomic E-state index is 6.24. The van der Waals surface area contributed by atoms with E-state index in [1.807, 2.05) is 30.3 Å². The van der Waals surface area contributed by atoms with E-state index in [-0.39, 0.29) is 0 Å². The molecule has 0 saturated carbocycles. The highest BCUT2D eigenvalue weighted by atomic mass is 16.5. The number of rotatable bonds is 24. The summed E-state index contributed by atoms with van der Waals surface area (Å²) >= 11 is 0. The predicted octanol–water partition coefficient (Wildman–Crippen LogP) is 8.84. The molecule has 0 amide bonds. The molecule has 0 atom stereocenters. The Kier molecular flexibility index (Phi) is 16.8. The van der Waals surface area contributed by atoms with Crippen LogP contribution in [-0.2, 0) is 27.1 Å². The first-order chi connectivity index (χ1) is 24.1. The fourth-order valence-electron chi connectivity index (χ4n) is 5.58. The van der Waals surface area contributed by atoms with Crippen LogP contribution in [0.15, 0.2) is 84.9 Å². The normalized spacial score (nSPS) is 11.0. The van der Waals surface area contributed by atoms with Gasteiger partial charge in [-0.3, -0.25) is 0 Å². The quantitative estimate of drug-likeness (QED) is 0.0691. The van der Waals surface area contributed by atoms with Gasteiger partial charge in [-0.05, 0) is 104 Å². The monoisotopic (exact) mass is 670 g/mol. The van der Waals surface area contributed by atoms with Crippen LogP contribution in [0.3, 0.4) is 0 Å². The summed E-state index contributed by atoms with van der Waals surface area (Å²) in [5.74, 6) is 3.29. The smallest absolute Gasteiger partial charge is 0.123 e. The van der Waals surface area contributed by atoms with E-state index in [1.165, 1.54) is 39.8 Å². The second-order valence-electron chi connectivity index (χ2n) is 12.1. The third-order valence-electron chi connectivity index (χ3n) is 8.26. The second kappa shape index (κ2) is 21.8. The van der Waals surface area contributed by atoms with Crippen LogP contribution >= 0.6 is 0 Å². The van der Waals surface area contributed by atoms with E-state index >= 15 is 0 Å². The molecule has 4 rings (SSSR count). The minimum absolute atomic E-state index is 0.414. The van der Waals surface area contributed by atoms with Crippen LogP contribution in [0.2, 0.25) is 0 Å². The molecule has 0 aliphatic carbocycles. The Bertz CT molecular complexity index is 1520. The van der Waals surface area contributed by atoms with Gasteiger partial charge in [0.15, 0.2) is 0 Å². The predicted molar refractivity (Wildman–Crippen MR) is 197 cm³/mol. The lowest BCUT2D eigenvalue weighted by Crippen LogP contribution is -2.10. The first-order valence-electron chi connectivity index (χ1n) is 17.5. The number of benzene rings is 4. The molecule has 0 aliphatic heterocycles. The van der Waals surface area contributed by atoms with Crippen molar-refractivity contribution in [2.75, 3.05) is 67.1 Å². The third-order valence-corrected chi connectivity index (χ3v) is 8.26. The van der Waals surface area contributed by atoms with Crippen LogP contribution in [0.25, 0.3) is 11.1 Å². The van der Waals surface area contributed by atoms with E-state index in [2.05, 4.69) is 68.4 Å². The number of para-hydroxylation sites is 1. The Hall–Kier alpha value is -4.04. The van der Waals surface area contributed by atoms with Crippen molar-refractivity contribution >= 4 is 0 Å². The lowest BCUT2D eigenvalue weighted by atomic mass is 9.91. The van der Waals surface area contributed by atoms with Crippen LogP contribution in [0.4, 0.5) is 0 Å². The number of unbranched alkanes of at least 4 members (excludes halogenated alkanes) is 3. The fourth-order valence-corrected chi connectivity index (χ4v) is 5.58. The molecule has 0 aromatic heterocycles. The summed E-state index contributed by atoms with van der Waals surface area (Å²) in [6, 6.07) is 29.1. The van der Waals surface area contributed by atoms with E-state index in [1.54, 1.807) is 14.2 Å². The number of hydrogen-bond acceptors (Lipinski definition) is 7. The van der Waals surface area contributed by atoms with Gasteiger partial charge in [-0.1, -0.05) is 60.5 Å². The highest BCUT2D eigenvalue weighted by Gasteiger charge is 2.12. The van der Waals surface area contributed by atoms with Crippen molar-refractivity contribution in [2.24, 2.45) is 0 Å². The van der Waals surface area contributed by atoms with Gasteiger partial charge in [0.2, 0.25) is 0 Å². The molecule has 0 N–H and O–H groups in total. The van der Waals surface area contributed by atoms with Gasteiger partial charge < -0.3 is 33.2 Å². The Morgan fingerprint density at radius 3 is 1.86 bits per heavy atom. The highest BCUT2D eigenvalue weighted by molar-refractivity contribution is 5.72. The van der Waals surface area contributed by atoms with Gasteiger partial charge in [0, 0.05) is 26.9 Å². The number of aryl methyl sites for hydroxylation is 4. The van der Waals surface area contributed by atoms with Crippen molar-refractivity contribution in [1.82, 2.24) is 0 Å². The van der Waals surface area contributed by atoms with Crippen LogP contribution in [-0.4, -0.2) is 67.1 Å². The summed E-state index contributed by atoms with van der Waals surface area (Å²) in [6.45, 7) is 8.81. The Labute approximate surface area is 293 Å². The van der Waals surface area contributed by atoms with Crippen LogP contribution in [0.5, 0.6) is 23.0 Å². The van der Waals surface area contributed by atoms with Gasteiger partial charge in [0.05, 0.1) is 26.4 Å². The zero-order chi connectivity index (χ0) is 34.5. The van der Waals surface area contributed by atoms with E-state index in [9.17, 15) is 0 Å². The summed E-state index contributed by atoms with van der Waals surface area (Å²) in [5.41, 5.74) is 7.43. The molecular weight excluding hydrogens is 616 g/mol. The van der Waals surface area contributed by atoms with Crippen LogP contribution < -0.4 is 18.9 Å². The lowest BCUT2D eigenvalue weighted by Gasteiger charge is -2.16. The SMILES string of the molecule is COCCCCCCOc1ccccc1CCc1ccc(C)cc1-c1cc(OCCOc2cccc(OCCOCCOC)c2)ccc1C. The van der Waals surface area contributed by atoms with Crippen LogP contribution in [0, 0.1) is 13.8 Å². The van der Waals surface area contributed by atoms with Gasteiger partial charge in [-0.2, -0.15) is 0 Å². The molecule has 49 heavy (non-hydrogen) atoms. The second-order valence-corrected chi connectivity index (χ2v) is 12.1. The van der Waals surface area contributed by atoms with Crippen molar-refractivity contribution in [3.63, 3.8) is 0 Å². The van der Waals surface area contributed by atoms with Gasteiger partial charge in [-0.15, -0.1) is 0 Å². The van der Waals surface area contributed by atoms with E-state index in [0.717, 1.165) is 68.3 Å². The van der Waals surface area contributed by atoms with E-state index < -0.39 is 0 Å². The first kappa shape index (κ1) is 37.8. The summed E-state index contributed by atoms with van der Waals surface area (Å²) in [4.78, 5) is 0. The van der Waals surface area contributed by atoms with Crippen molar-refractivity contribution in [3.8, 4) is 34.1 Å². The molecular formula is C42H54O7. The fraction of sp³-hybridized carbons (Fsp3) is 0.429. The summed E-state index contributed by atoms with van der Waals surface area (Å²) in [6.07, 6.45) is 6.30. The molecule has 4 aromatic carbocycles. The molecule has 4 aromatic rings. The zero-order valence-corrected chi connectivity index (χ0v) is 29.8. The molecule has 0 radical (unpaired) electrons. The van der Waals surface area contributed by atoms with Gasteiger partial charge in [-0.25, -0.2) is 0 Å². The van der Waals surface area contributed by atoms with Gasteiger partial charge in [0.1, 0.15) is 42.8 Å². The number of hydrogen-bond donors (Lipinski definition) is 0. The summed E-state index contributed by atoms with van der Waals surface area (Å²) in [5, 5.41) is 0. The Balaban J connectivity index is 1.31. The molecule has 0 spiro atoms. The largest absolute Gasteiger partial charge is 0.493 e. The average Bonchev–Trinajstić information content (AvgIpc) is 3.12. The van der Waals surface area contributed by atoms with Gasteiger partial charge in [0.25, 0.3) is 0 Å². The van der Waals surface area contributed by atoms with Crippen molar-refractivity contribution in [1.29, 1.82) is 0 Å². The molecule has 0 unspecified atom stereocenters. The van der Waals surface area contributed by atoms with Crippen molar-refractivity contribution in [3.05, 3.63) is 107 Å². The molecule has 7 heteroatoms. The number of methoxy groups -OCH3 is 2. The maximum absolute atomic E-state index is 6.24. The average molecular weight is 671 g/mol. The minimum Gasteiger partial charge on any atom is -0.493 e. The molecule has 0 saturated heterocycles. The van der Waals surface area contributed by atoms with E-state index in [0.29, 0.717) is 39.6 Å². The Morgan fingerprint density at radius 1 is 0.449 bits per heavy atom. The molecule has 0 fully saturated rings. The van der Waals surface area contributed by atoms with Gasteiger partial charge >= 0.3 is 0 Å².